The first kappa shape index (κ1) is 9.18. The molecule has 1 atom stereocenters. The molecule has 0 fully saturated rings. The molecule has 0 spiro atoms. The molecule has 84 valence electrons. The average Bonchev–Trinajstić information content (AvgIpc) is 2.15. The second-order valence-corrected chi connectivity index (χ2v) is 3.18. The van der Waals surface area contributed by atoms with Gasteiger partial charge in [-0.15, -0.1) is 0 Å². The molecule has 0 heterocycles. The van der Waals surface area contributed by atoms with Crippen LogP contribution in [0.4, 0.5) is 13.2 Å². The van der Waals surface area contributed by atoms with Gasteiger partial charge in [-0.2, -0.15) is 8.78 Å². The SMILES string of the molecule is [2H]C([2H])(O)C(F)(F)c1cccc([C@@H](C)N)c1F. The van der Waals surface area contributed by atoms with Crippen LogP contribution in [0, 0.1) is 5.82 Å². The van der Waals surface area contributed by atoms with Crippen molar-refractivity contribution in [3.63, 3.8) is 0 Å². The van der Waals surface area contributed by atoms with Gasteiger partial charge >= 0.3 is 0 Å². The molecule has 0 aliphatic rings. The molecule has 0 saturated carbocycles. The van der Waals surface area contributed by atoms with E-state index in [2.05, 4.69) is 0 Å². The van der Waals surface area contributed by atoms with Gasteiger partial charge in [-0.05, 0) is 13.0 Å². The Morgan fingerprint density at radius 2 is 2.20 bits per heavy atom. The molecule has 1 aromatic rings. The maximum Gasteiger partial charge on any atom is 0.298 e. The van der Waals surface area contributed by atoms with E-state index in [0.29, 0.717) is 0 Å². The fourth-order valence-electron chi connectivity index (χ4n) is 1.20. The summed E-state index contributed by atoms with van der Waals surface area (Å²) < 4.78 is 53.9. The third kappa shape index (κ3) is 2.30. The molecule has 3 N–H and O–H groups in total. The third-order valence-corrected chi connectivity index (χ3v) is 2.00. The van der Waals surface area contributed by atoms with Crippen LogP contribution in [0.5, 0.6) is 0 Å². The number of nitrogens with two attached hydrogens (primary N) is 1. The van der Waals surface area contributed by atoms with E-state index in [-0.39, 0.29) is 5.56 Å². The van der Waals surface area contributed by atoms with Crippen molar-refractivity contribution in [2.45, 2.75) is 18.9 Å². The van der Waals surface area contributed by atoms with Crippen LogP contribution < -0.4 is 5.73 Å². The molecular formula is C10H12F3NO. The van der Waals surface area contributed by atoms with Gasteiger partial charge in [-0.1, -0.05) is 12.1 Å². The summed E-state index contributed by atoms with van der Waals surface area (Å²) >= 11 is 0. The monoisotopic (exact) mass is 221 g/mol. The van der Waals surface area contributed by atoms with Gasteiger partial charge in [0.05, 0.1) is 8.30 Å². The van der Waals surface area contributed by atoms with Crippen LogP contribution in [0.25, 0.3) is 0 Å². The van der Waals surface area contributed by atoms with E-state index in [1.165, 1.54) is 13.0 Å². The van der Waals surface area contributed by atoms with Gasteiger partial charge < -0.3 is 10.8 Å². The predicted molar refractivity (Wildman–Crippen MR) is 50.0 cm³/mol. The molecule has 2 nitrogen and oxygen atoms in total. The van der Waals surface area contributed by atoms with Crippen LogP contribution in [0.15, 0.2) is 18.2 Å². The van der Waals surface area contributed by atoms with Crippen LogP contribution in [-0.4, -0.2) is 11.7 Å². The zero-order valence-electron chi connectivity index (χ0n) is 9.97. The lowest BCUT2D eigenvalue weighted by Crippen LogP contribution is -2.22. The van der Waals surface area contributed by atoms with E-state index >= 15 is 0 Å². The second-order valence-electron chi connectivity index (χ2n) is 3.18. The highest BCUT2D eigenvalue weighted by Crippen LogP contribution is 2.31. The van der Waals surface area contributed by atoms with Crippen molar-refractivity contribution in [1.82, 2.24) is 0 Å². The molecule has 5 heteroatoms. The van der Waals surface area contributed by atoms with Crippen molar-refractivity contribution in [3.8, 4) is 0 Å². The molecular weight excluding hydrogens is 207 g/mol. The summed E-state index contributed by atoms with van der Waals surface area (Å²) in [6.45, 7) is -2.43. The quantitative estimate of drug-likeness (QED) is 0.819. The van der Waals surface area contributed by atoms with Crippen LogP contribution in [0.3, 0.4) is 0 Å². The third-order valence-electron chi connectivity index (χ3n) is 2.00. The number of hydrogen-bond acceptors (Lipinski definition) is 2. The number of aliphatic hydroxyl groups is 1. The van der Waals surface area contributed by atoms with Crippen molar-refractivity contribution in [2.75, 3.05) is 6.56 Å². The van der Waals surface area contributed by atoms with E-state index in [1.54, 1.807) is 0 Å². The highest BCUT2D eigenvalue weighted by atomic mass is 19.3. The molecule has 15 heavy (non-hydrogen) atoms. The number of alkyl halides is 2. The van der Waals surface area contributed by atoms with Gasteiger partial charge in [-0.3, -0.25) is 0 Å². The zero-order chi connectivity index (χ0) is 13.4. The molecule has 0 aliphatic carbocycles. The molecule has 0 unspecified atom stereocenters. The topological polar surface area (TPSA) is 46.2 Å². The fraction of sp³-hybridized carbons (Fsp3) is 0.400. The molecule has 1 aromatic carbocycles. The number of hydrogen-bond donors (Lipinski definition) is 2. The van der Waals surface area contributed by atoms with Crippen molar-refractivity contribution >= 4 is 0 Å². The normalized spacial score (nSPS) is 16.9. The van der Waals surface area contributed by atoms with Crippen molar-refractivity contribution in [3.05, 3.63) is 35.1 Å². The molecule has 1 rings (SSSR count). The Hall–Kier alpha value is -1.07. The van der Waals surface area contributed by atoms with Crippen LogP contribution in [-0.2, 0) is 5.92 Å². The van der Waals surface area contributed by atoms with Gasteiger partial charge in [0, 0.05) is 11.6 Å². The number of benzene rings is 1. The lowest BCUT2D eigenvalue weighted by atomic mass is 10.0. The van der Waals surface area contributed by atoms with Crippen molar-refractivity contribution in [1.29, 1.82) is 0 Å². The predicted octanol–water partition coefficient (Wildman–Crippen LogP) is 1.93. The fourth-order valence-corrected chi connectivity index (χ4v) is 1.20. The molecule has 0 amide bonds. The minimum atomic E-state index is -4.35. The van der Waals surface area contributed by atoms with E-state index in [1.807, 2.05) is 0 Å². The lowest BCUT2D eigenvalue weighted by molar-refractivity contribution is -0.0584. The number of halogens is 3. The Labute approximate surface area is 88.3 Å². The minimum absolute atomic E-state index is 0.161. The van der Waals surface area contributed by atoms with Crippen LogP contribution >= 0.6 is 0 Å². The zero-order valence-corrected chi connectivity index (χ0v) is 7.97. The molecule has 0 aromatic heterocycles. The molecule has 0 saturated heterocycles. The molecule has 0 aliphatic heterocycles. The first-order valence-electron chi connectivity index (χ1n) is 5.23. The van der Waals surface area contributed by atoms with E-state index < -0.39 is 29.9 Å². The highest BCUT2D eigenvalue weighted by Gasteiger charge is 2.34. The Morgan fingerprint density at radius 1 is 1.60 bits per heavy atom. The Balaban J connectivity index is 3.38. The van der Waals surface area contributed by atoms with Crippen LogP contribution in [0.1, 0.15) is 26.8 Å². The second kappa shape index (κ2) is 4.20. The van der Waals surface area contributed by atoms with Crippen LogP contribution in [0.2, 0.25) is 0 Å². The number of rotatable bonds is 3. The summed E-state index contributed by atoms with van der Waals surface area (Å²) in [5, 5.41) is 8.74. The smallest absolute Gasteiger partial charge is 0.298 e. The highest BCUT2D eigenvalue weighted by molar-refractivity contribution is 5.31. The van der Waals surface area contributed by atoms with E-state index in [0.717, 1.165) is 12.1 Å². The minimum Gasteiger partial charge on any atom is -0.390 e. The van der Waals surface area contributed by atoms with Gasteiger partial charge in [0.15, 0.2) is 0 Å². The van der Waals surface area contributed by atoms with E-state index in [4.69, 9.17) is 13.6 Å². The summed E-state index contributed by atoms with van der Waals surface area (Å²) in [7, 11) is 0. The maximum absolute atomic E-state index is 13.7. The average molecular weight is 221 g/mol. The largest absolute Gasteiger partial charge is 0.390 e. The summed E-state index contributed by atoms with van der Waals surface area (Å²) in [4.78, 5) is 0. The van der Waals surface area contributed by atoms with Gasteiger partial charge in [-0.25, -0.2) is 4.39 Å². The van der Waals surface area contributed by atoms with Gasteiger partial charge in [0.2, 0.25) is 0 Å². The summed E-state index contributed by atoms with van der Waals surface area (Å²) in [5.74, 6) is -5.65. The Kier molecular flexibility index (Phi) is 2.57. The molecule has 0 radical (unpaired) electrons. The first-order chi connectivity index (χ1) is 7.59. The maximum atomic E-state index is 13.7. The molecule has 0 bridgehead atoms. The van der Waals surface area contributed by atoms with Gasteiger partial charge in [0.1, 0.15) is 12.4 Å². The first-order valence-corrected chi connectivity index (χ1v) is 4.23. The summed E-state index contributed by atoms with van der Waals surface area (Å²) in [6.07, 6.45) is 0. The Morgan fingerprint density at radius 3 is 2.67 bits per heavy atom. The van der Waals surface area contributed by atoms with Crippen molar-refractivity contribution in [2.24, 2.45) is 5.73 Å². The lowest BCUT2D eigenvalue weighted by Gasteiger charge is -2.17. The van der Waals surface area contributed by atoms with Crippen molar-refractivity contribution < 1.29 is 21.0 Å². The summed E-state index contributed by atoms with van der Waals surface area (Å²) in [5.41, 5.74) is 4.03. The summed E-state index contributed by atoms with van der Waals surface area (Å²) in [6, 6.07) is 2.27. The van der Waals surface area contributed by atoms with Gasteiger partial charge in [0.25, 0.3) is 5.92 Å². The standard InChI is InChI=1S/C10H12F3NO/c1-6(14)7-3-2-4-8(9(7)11)10(12,13)5-15/h2-4,6,15H,5,14H2,1H3/t6-/m1/s1/i5D2. The van der Waals surface area contributed by atoms with E-state index in [9.17, 15) is 13.2 Å². The Bertz CT molecular complexity index is 419.